The van der Waals surface area contributed by atoms with E-state index in [0.717, 1.165) is 6.42 Å². The highest BCUT2D eigenvalue weighted by Crippen LogP contribution is 2.27. The van der Waals surface area contributed by atoms with E-state index in [9.17, 15) is 0 Å². The summed E-state index contributed by atoms with van der Waals surface area (Å²) in [6.07, 6.45) is 1.03. The Morgan fingerprint density at radius 1 is 1.69 bits per heavy atom. The van der Waals surface area contributed by atoms with Crippen molar-refractivity contribution in [3.05, 3.63) is 34.0 Å². The van der Waals surface area contributed by atoms with Crippen LogP contribution in [0.3, 0.4) is 0 Å². The van der Waals surface area contributed by atoms with Crippen LogP contribution >= 0.6 is 11.3 Å². The molecule has 1 nitrogen and oxygen atoms in total. The fraction of sp³-hybridized carbons (Fsp3) is 0.455. The Bertz CT molecular complexity index is 288. The molecule has 0 aliphatic carbocycles. The summed E-state index contributed by atoms with van der Waals surface area (Å²) in [6, 6.07) is 2.61. The van der Waals surface area contributed by atoms with Crippen LogP contribution in [0.15, 0.2) is 23.6 Å². The highest BCUT2D eigenvalue weighted by molar-refractivity contribution is 7.10. The first kappa shape index (κ1) is 10.5. The van der Waals surface area contributed by atoms with Gasteiger partial charge in [-0.3, -0.25) is 0 Å². The molecule has 1 atom stereocenters. The van der Waals surface area contributed by atoms with E-state index >= 15 is 0 Å². The highest BCUT2D eigenvalue weighted by Gasteiger charge is 2.12. The molecule has 0 aliphatic rings. The molecule has 0 spiro atoms. The largest absolute Gasteiger partial charge is 0.312 e. The summed E-state index contributed by atoms with van der Waals surface area (Å²) in [5.41, 5.74) is 2.61. The van der Waals surface area contributed by atoms with Gasteiger partial charge in [0, 0.05) is 10.9 Å². The second-order valence-corrected chi connectivity index (χ2v) is 4.42. The summed E-state index contributed by atoms with van der Waals surface area (Å²) < 4.78 is 0. The normalized spacial score (nSPS) is 12.8. The molecular weight excluding hydrogens is 178 g/mol. The van der Waals surface area contributed by atoms with Gasteiger partial charge < -0.3 is 5.32 Å². The minimum Gasteiger partial charge on any atom is -0.312 e. The topological polar surface area (TPSA) is 12.0 Å². The maximum absolute atomic E-state index is 3.95. The Labute approximate surface area is 84.5 Å². The van der Waals surface area contributed by atoms with Crippen molar-refractivity contribution >= 4 is 11.3 Å². The molecule has 0 saturated carbocycles. The zero-order valence-corrected chi connectivity index (χ0v) is 9.37. The Hall–Kier alpha value is -0.600. The predicted molar refractivity (Wildman–Crippen MR) is 60.3 cm³/mol. The van der Waals surface area contributed by atoms with Crippen molar-refractivity contribution < 1.29 is 0 Å². The Morgan fingerprint density at radius 2 is 2.38 bits per heavy atom. The second-order valence-electron chi connectivity index (χ2n) is 3.47. The Kier molecular flexibility index (Phi) is 3.70. The quantitative estimate of drug-likeness (QED) is 0.727. The van der Waals surface area contributed by atoms with E-state index in [0.29, 0.717) is 6.04 Å². The fourth-order valence-electron chi connectivity index (χ4n) is 1.42. The second kappa shape index (κ2) is 4.58. The van der Waals surface area contributed by atoms with Gasteiger partial charge in [0.15, 0.2) is 0 Å². The molecule has 1 heterocycles. The molecule has 1 aromatic rings. The predicted octanol–water partition coefficient (Wildman–Crippen LogP) is 3.28. The highest BCUT2D eigenvalue weighted by atomic mass is 32.1. The van der Waals surface area contributed by atoms with E-state index < -0.39 is 0 Å². The van der Waals surface area contributed by atoms with Crippen LogP contribution in [0.4, 0.5) is 0 Å². The molecule has 1 unspecified atom stereocenters. The molecule has 13 heavy (non-hydrogen) atoms. The van der Waals surface area contributed by atoms with Gasteiger partial charge in [-0.05, 0) is 44.3 Å². The van der Waals surface area contributed by atoms with Gasteiger partial charge in [0.05, 0.1) is 0 Å². The molecule has 1 N–H and O–H groups in total. The molecule has 2 heteroatoms. The van der Waals surface area contributed by atoms with E-state index in [4.69, 9.17) is 0 Å². The van der Waals surface area contributed by atoms with Gasteiger partial charge in [-0.2, -0.15) is 0 Å². The van der Waals surface area contributed by atoms with Crippen molar-refractivity contribution in [1.82, 2.24) is 5.32 Å². The summed E-state index contributed by atoms with van der Waals surface area (Å²) >= 11 is 1.82. The van der Waals surface area contributed by atoms with Crippen molar-refractivity contribution in [3.63, 3.8) is 0 Å². The third-order valence-electron chi connectivity index (χ3n) is 2.12. The Balaban J connectivity index is 2.78. The number of rotatable bonds is 4. The molecule has 0 bridgehead atoms. The maximum atomic E-state index is 3.95. The van der Waals surface area contributed by atoms with Crippen LogP contribution in [0.25, 0.3) is 0 Å². The molecule has 0 saturated heterocycles. The van der Waals surface area contributed by atoms with Gasteiger partial charge in [-0.15, -0.1) is 17.9 Å². The molecule has 0 aliphatic heterocycles. The Morgan fingerprint density at radius 3 is 2.77 bits per heavy atom. The van der Waals surface area contributed by atoms with Crippen LogP contribution < -0.4 is 5.32 Å². The minimum atomic E-state index is 0.442. The SMILES string of the molecule is C=C(C)CC(NC)c1sccc1C. The van der Waals surface area contributed by atoms with Crippen LogP contribution in [-0.4, -0.2) is 7.05 Å². The lowest BCUT2D eigenvalue weighted by Gasteiger charge is -2.15. The number of thiophene rings is 1. The van der Waals surface area contributed by atoms with Crippen LogP contribution in [0.1, 0.15) is 29.8 Å². The average Bonchev–Trinajstić information content (AvgIpc) is 2.47. The smallest absolute Gasteiger partial charge is 0.0452 e. The molecule has 1 aromatic heterocycles. The first-order valence-electron chi connectivity index (χ1n) is 4.50. The summed E-state index contributed by atoms with van der Waals surface area (Å²) in [4.78, 5) is 1.44. The lowest BCUT2D eigenvalue weighted by Crippen LogP contribution is -2.16. The van der Waals surface area contributed by atoms with E-state index in [-0.39, 0.29) is 0 Å². The van der Waals surface area contributed by atoms with Crippen LogP contribution in [0.2, 0.25) is 0 Å². The van der Waals surface area contributed by atoms with Gasteiger partial charge in [-0.25, -0.2) is 0 Å². The summed E-state index contributed by atoms with van der Waals surface area (Å²) in [5, 5.41) is 5.47. The molecule has 1 rings (SSSR count). The van der Waals surface area contributed by atoms with E-state index in [1.807, 2.05) is 18.4 Å². The van der Waals surface area contributed by atoms with Crippen molar-refractivity contribution in [1.29, 1.82) is 0 Å². The van der Waals surface area contributed by atoms with Gasteiger partial charge in [-0.1, -0.05) is 5.57 Å². The van der Waals surface area contributed by atoms with Crippen molar-refractivity contribution in [2.45, 2.75) is 26.3 Å². The van der Waals surface area contributed by atoms with Crippen LogP contribution in [-0.2, 0) is 0 Å². The lowest BCUT2D eigenvalue weighted by atomic mass is 10.1. The zero-order valence-electron chi connectivity index (χ0n) is 8.55. The molecule has 0 radical (unpaired) electrons. The maximum Gasteiger partial charge on any atom is 0.0452 e. The van der Waals surface area contributed by atoms with Crippen LogP contribution in [0.5, 0.6) is 0 Å². The number of hydrogen-bond acceptors (Lipinski definition) is 2. The monoisotopic (exact) mass is 195 g/mol. The molecule has 72 valence electrons. The first-order chi connectivity index (χ1) is 6.15. The molecule has 0 aromatic carbocycles. The third-order valence-corrected chi connectivity index (χ3v) is 3.25. The van der Waals surface area contributed by atoms with E-state index in [1.54, 1.807) is 0 Å². The number of hydrogen-bond donors (Lipinski definition) is 1. The van der Waals surface area contributed by atoms with Gasteiger partial charge in [0.2, 0.25) is 0 Å². The number of nitrogens with one attached hydrogen (secondary N) is 1. The molecule has 0 fully saturated rings. The number of aryl methyl sites for hydroxylation is 1. The first-order valence-corrected chi connectivity index (χ1v) is 5.38. The van der Waals surface area contributed by atoms with Crippen LogP contribution in [0, 0.1) is 6.92 Å². The van der Waals surface area contributed by atoms with Crippen molar-refractivity contribution in [3.8, 4) is 0 Å². The van der Waals surface area contributed by atoms with E-state index in [2.05, 4.69) is 37.2 Å². The van der Waals surface area contributed by atoms with Gasteiger partial charge >= 0.3 is 0 Å². The lowest BCUT2D eigenvalue weighted by molar-refractivity contribution is 0.597. The summed E-state index contributed by atoms with van der Waals surface area (Å²) in [6.45, 7) is 8.19. The van der Waals surface area contributed by atoms with Gasteiger partial charge in [0.1, 0.15) is 0 Å². The third kappa shape index (κ3) is 2.68. The van der Waals surface area contributed by atoms with Crippen molar-refractivity contribution in [2.75, 3.05) is 7.05 Å². The minimum absolute atomic E-state index is 0.442. The molecule has 0 amide bonds. The van der Waals surface area contributed by atoms with Crippen molar-refractivity contribution in [2.24, 2.45) is 0 Å². The standard InChI is InChI=1S/C11H17NS/c1-8(2)7-10(12-4)11-9(3)5-6-13-11/h5-6,10,12H,1,7H2,2-4H3. The average molecular weight is 195 g/mol. The van der Waals surface area contributed by atoms with E-state index in [1.165, 1.54) is 16.0 Å². The fourth-order valence-corrected chi connectivity index (χ4v) is 2.45. The summed E-state index contributed by atoms with van der Waals surface area (Å²) in [7, 11) is 2.01. The zero-order chi connectivity index (χ0) is 9.84. The van der Waals surface area contributed by atoms with Gasteiger partial charge in [0.25, 0.3) is 0 Å². The molecular formula is C11H17NS. The summed E-state index contributed by atoms with van der Waals surface area (Å²) in [5.74, 6) is 0.